The minimum absolute atomic E-state index is 0.145. The molecule has 178 valence electrons. The molecule has 3 aromatic rings. The number of nitrogens with zero attached hydrogens (tertiary/aromatic N) is 2. The molecular weight excluding hydrogens is 456 g/mol. The van der Waals surface area contributed by atoms with Crippen molar-refractivity contribution in [3.05, 3.63) is 58.2 Å². The van der Waals surface area contributed by atoms with Crippen molar-refractivity contribution < 1.29 is 24.1 Å². The minimum Gasteiger partial charge on any atom is -0.497 e. The number of hydrogen-bond acceptors (Lipinski definition) is 5. The van der Waals surface area contributed by atoms with E-state index in [1.165, 1.54) is 19.3 Å². The van der Waals surface area contributed by atoms with Gasteiger partial charge in [-0.25, -0.2) is 4.79 Å². The van der Waals surface area contributed by atoms with E-state index in [-0.39, 0.29) is 12.5 Å². The number of aromatic nitrogens is 2. The van der Waals surface area contributed by atoms with Gasteiger partial charge in [0.2, 0.25) is 6.79 Å². The van der Waals surface area contributed by atoms with Gasteiger partial charge in [0.25, 0.3) is 0 Å². The average molecular weight is 483 g/mol. The summed E-state index contributed by atoms with van der Waals surface area (Å²) in [6.45, 7) is 0.742. The summed E-state index contributed by atoms with van der Waals surface area (Å²) in [6, 6.07) is 11.1. The van der Waals surface area contributed by atoms with E-state index in [2.05, 4.69) is 0 Å². The van der Waals surface area contributed by atoms with Crippen LogP contribution in [0, 0.1) is 5.92 Å². The quantitative estimate of drug-likeness (QED) is 0.457. The second-order valence-electron chi connectivity index (χ2n) is 8.87. The van der Waals surface area contributed by atoms with E-state index in [4.69, 9.17) is 30.9 Å². The molecule has 0 atom stereocenters. The van der Waals surface area contributed by atoms with Gasteiger partial charge in [0, 0.05) is 35.2 Å². The smallest absolute Gasteiger partial charge is 0.354 e. The van der Waals surface area contributed by atoms with Gasteiger partial charge in [0.1, 0.15) is 11.4 Å². The normalized spacial score (nSPS) is 15.5. The van der Waals surface area contributed by atoms with Crippen LogP contribution in [0.15, 0.2) is 36.4 Å². The third-order valence-electron chi connectivity index (χ3n) is 6.68. The number of aromatic carboxylic acids is 1. The molecule has 34 heavy (non-hydrogen) atoms. The van der Waals surface area contributed by atoms with Crippen LogP contribution in [0.5, 0.6) is 17.2 Å². The van der Waals surface area contributed by atoms with E-state index in [1.54, 1.807) is 17.9 Å². The lowest BCUT2D eigenvalue weighted by Gasteiger charge is -2.21. The zero-order valence-corrected chi connectivity index (χ0v) is 19.8. The van der Waals surface area contributed by atoms with Gasteiger partial charge >= 0.3 is 5.97 Å². The minimum atomic E-state index is -0.991. The van der Waals surface area contributed by atoms with Gasteiger partial charge < -0.3 is 19.3 Å². The third-order valence-corrected chi connectivity index (χ3v) is 7.03. The highest BCUT2D eigenvalue weighted by molar-refractivity contribution is 6.31. The van der Waals surface area contributed by atoms with Crippen molar-refractivity contribution in [3.8, 4) is 28.5 Å². The number of carboxylic acids is 1. The summed E-state index contributed by atoms with van der Waals surface area (Å²) in [7, 11) is 1.61. The maximum atomic E-state index is 12.5. The van der Waals surface area contributed by atoms with Gasteiger partial charge in [-0.3, -0.25) is 4.68 Å². The van der Waals surface area contributed by atoms with E-state index in [1.807, 2.05) is 30.3 Å². The number of ether oxygens (including phenoxy) is 3. The number of methoxy groups -OCH3 is 1. The van der Waals surface area contributed by atoms with Crippen LogP contribution in [-0.2, 0) is 13.0 Å². The SMILES string of the molecule is COc1ccc(-c2nn(CC3CCCCC3)c(C(=O)O)c2Cc2cc3c(cc2Cl)OCO3)cc1. The average Bonchev–Trinajstić information content (AvgIpc) is 3.44. The molecule has 0 saturated heterocycles. The Morgan fingerprint density at radius 3 is 2.53 bits per heavy atom. The van der Waals surface area contributed by atoms with Crippen molar-refractivity contribution in [2.75, 3.05) is 13.9 Å². The molecule has 0 bridgehead atoms. The Kier molecular flexibility index (Phi) is 6.37. The van der Waals surface area contributed by atoms with Crippen molar-refractivity contribution in [1.82, 2.24) is 9.78 Å². The Balaban J connectivity index is 1.60. The Hall–Kier alpha value is -3.19. The van der Waals surface area contributed by atoms with Gasteiger partial charge in [-0.1, -0.05) is 30.9 Å². The molecule has 1 N–H and O–H groups in total. The Morgan fingerprint density at radius 1 is 1.15 bits per heavy atom. The summed E-state index contributed by atoms with van der Waals surface area (Å²) in [5, 5.41) is 15.6. The number of carbonyl (C=O) groups is 1. The largest absolute Gasteiger partial charge is 0.497 e. The summed E-state index contributed by atoms with van der Waals surface area (Å²) < 4.78 is 17.9. The van der Waals surface area contributed by atoms with E-state index in [9.17, 15) is 9.90 Å². The van der Waals surface area contributed by atoms with Gasteiger partial charge in [-0.2, -0.15) is 5.10 Å². The van der Waals surface area contributed by atoms with Crippen LogP contribution in [-0.4, -0.2) is 34.8 Å². The monoisotopic (exact) mass is 482 g/mol. The first-order valence-electron chi connectivity index (χ1n) is 11.6. The standard InChI is InChI=1S/C26H27ClN2O5/c1-32-19-9-7-17(8-10-19)24-20(11-18-12-22-23(13-21(18)27)34-15-33-22)25(26(30)31)29(28-24)14-16-5-3-2-4-6-16/h7-10,12-13,16H,2-6,11,14-15H2,1H3,(H,30,31). The second kappa shape index (κ2) is 9.58. The van der Waals surface area contributed by atoms with Crippen LogP contribution in [0.1, 0.15) is 53.7 Å². The summed E-state index contributed by atoms with van der Waals surface area (Å²) >= 11 is 6.56. The first kappa shape index (κ1) is 22.6. The Labute approximate surface area is 203 Å². The fourth-order valence-electron chi connectivity index (χ4n) is 4.92. The molecule has 8 heteroatoms. The number of fused-ring (bicyclic) bond motifs is 1. The van der Waals surface area contributed by atoms with Crippen LogP contribution in [0.4, 0.5) is 0 Å². The molecule has 5 rings (SSSR count). The fourth-order valence-corrected chi connectivity index (χ4v) is 5.14. The summed E-state index contributed by atoms with van der Waals surface area (Å²) in [4.78, 5) is 12.5. The predicted octanol–water partition coefficient (Wildman–Crippen LogP) is 5.81. The van der Waals surface area contributed by atoms with Crippen molar-refractivity contribution >= 4 is 17.6 Å². The predicted molar refractivity (Wildman–Crippen MR) is 128 cm³/mol. The molecule has 2 aromatic carbocycles. The summed E-state index contributed by atoms with van der Waals surface area (Å²) in [6.07, 6.45) is 6.11. The lowest BCUT2D eigenvalue weighted by Crippen LogP contribution is -2.19. The molecule has 2 heterocycles. The van der Waals surface area contributed by atoms with Crippen molar-refractivity contribution in [1.29, 1.82) is 0 Å². The molecule has 1 aromatic heterocycles. The van der Waals surface area contributed by atoms with Crippen molar-refractivity contribution in [3.63, 3.8) is 0 Å². The molecular formula is C26H27ClN2O5. The highest BCUT2D eigenvalue weighted by atomic mass is 35.5. The zero-order valence-electron chi connectivity index (χ0n) is 19.1. The molecule has 1 saturated carbocycles. The van der Waals surface area contributed by atoms with Gasteiger partial charge in [-0.15, -0.1) is 0 Å². The highest BCUT2D eigenvalue weighted by Crippen LogP contribution is 2.39. The zero-order chi connectivity index (χ0) is 23.7. The summed E-state index contributed by atoms with van der Waals surface area (Å²) in [5.74, 6) is 1.36. The Bertz CT molecular complexity index is 1200. The lowest BCUT2D eigenvalue weighted by atomic mass is 9.89. The molecule has 0 spiro atoms. The van der Waals surface area contributed by atoms with Crippen LogP contribution in [0.2, 0.25) is 5.02 Å². The first-order valence-corrected chi connectivity index (χ1v) is 12.0. The number of halogens is 1. The number of carboxylic acid groups (broad SMARTS) is 1. The number of rotatable bonds is 7. The van der Waals surface area contributed by atoms with E-state index in [0.717, 1.165) is 29.7 Å². The van der Waals surface area contributed by atoms with Crippen LogP contribution >= 0.6 is 11.6 Å². The molecule has 7 nitrogen and oxygen atoms in total. The molecule has 2 aliphatic rings. The summed E-state index contributed by atoms with van der Waals surface area (Å²) in [5.41, 5.74) is 3.09. The molecule has 1 aliphatic carbocycles. The van der Waals surface area contributed by atoms with E-state index >= 15 is 0 Å². The first-order chi connectivity index (χ1) is 16.5. The fraction of sp³-hybridized carbons (Fsp3) is 0.385. The van der Waals surface area contributed by atoms with Crippen LogP contribution in [0.25, 0.3) is 11.3 Å². The van der Waals surface area contributed by atoms with Gasteiger partial charge in [-0.05, 0) is 54.7 Å². The van der Waals surface area contributed by atoms with E-state index < -0.39 is 5.97 Å². The number of hydrogen-bond donors (Lipinski definition) is 1. The lowest BCUT2D eigenvalue weighted by molar-refractivity contribution is 0.0680. The number of benzene rings is 2. The molecule has 0 amide bonds. The maximum absolute atomic E-state index is 12.5. The maximum Gasteiger partial charge on any atom is 0.354 e. The van der Waals surface area contributed by atoms with Crippen molar-refractivity contribution in [2.24, 2.45) is 5.92 Å². The Morgan fingerprint density at radius 2 is 1.85 bits per heavy atom. The molecule has 0 unspecified atom stereocenters. The topological polar surface area (TPSA) is 82.8 Å². The molecule has 1 aliphatic heterocycles. The molecule has 0 radical (unpaired) electrons. The van der Waals surface area contributed by atoms with Crippen LogP contribution < -0.4 is 14.2 Å². The third kappa shape index (κ3) is 4.44. The van der Waals surface area contributed by atoms with Crippen molar-refractivity contribution in [2.45, 2.75) is 45.1 Å². The molecule has 1 fully saturated rings. The second-order valence-corrected chi connectivity index (χ2v) is 9.28. The van der Waals surface area contributed by atoms with Gasteiger partial charge in [0.15, 0.2) is 11.5 Å². The van der Waals surface area contributed by atoms with Gasteiger partial charge in [0.05, 0.1) is 12.8 Å². The van der Waals surface area contributed by atoms with Crippen LogP contribution in [0.3, 0.4) is 0 Å². The van der Waals surface area contributed by atoms with E-state index in [0.29, 0.717) is 46.7 Å². The highest BCUT2D eigenvalue weighted by Gasteiger charge is 2.28.